The van der Waals surface area contributed by atoms with Crippen LogP contribution in [0.15, 0.2) is 0 Å². The molecule has 0 aromatic rings. The van der Waals surface area contributed by atoms with Crippen LogP contribution in [-0.2, 0) is 24.3 Å². The fourth-order valence-corrected chi connectivity index (χ4v) is 1.98. The first kappa shape index (κ1) is 16.3. The Morgan fingerprint density at radius 2 is 2.11 bits per heavy atom. The number of nitriles is 1. The second-order valence-corrected chi connectivity index (χ2v) is 5.02. The fraction of sp³-hybridized carbons (Fsp3) is 0.667. The number of carboxylic acids is 1. The highest BCUT2D eigenvalue weighted by Crippen LogP contribution is 2.02. The van der Waals surface area contributed by atoms with E-state index in [0.29, 0.717) is 0 Å². The molecule has 0 fully saturated rings. The highest BCUT2D eigenvalue weighted by molar-refractivity contribution is 7.89. The summed E-state index contributed by atoms with van der Waals surface area (Å²) in [4.78, 5) is 21.8. The molecule has 0 unspecified atom stereocenters. The van der Waals surface area contributed by atoms with Crippen LogP contribution in [0.5, 0.6) is 0 Å². The average molecular weight is 278 g/mol. The van der Waals surface area contributed by atoms with Gasteiger partial charge in [0.2, 0.25) is 10.0 Å². The number of nitrogens with zero attached hydrogens (tertiary/aromatic N) is 1. The van der Waals surface area contributed by atoms with E-state index in [-0.39, 0.29) is 19.4 Å². The van der Waals surface area contributed by atoms with Gasteiger partial charge in [0.05, 0.1) is 12.7 Å². The molecule has 0 aromatic heterocycles. The molecular formula is C9H14N2O6S. The minimum absolute atomic E-state index is 0.163. The molecule has 0 radical (unpaired) electrons. The summed E-state index contributed by atoms with van der Waals surface area (Å²) in [6.07, 6.45) is -0.460. The van der Waals surface area contributed by atoms with Crippen molar-refractivity contribution in [1.29, 1.82) is 5.26 Å². The molecule has 0 aliphatic heterocycles. The van der Waals surface area contributed by atoms with Crippen molar-refractivity contribution in [2.45, 2.75) is 25.8 Å². The number of esters is 1. The van der Waals surface area contributed by atoms with Crippen LogP contribution < -0.4 is 4.72 Å². The predicted octanol–water partition coefficient (Wildman–Crippen LogP) is -0.774. The van der Waals surface area contributed by atoms with Gasteiger partial charge in [0.1, 0.15) is 6.04 Å². The standard InChI is InChI=1S/C9H14N2O6S/c1-2-17-8(12)4-3-7(9(13)14)11-18(15,16)6-5-10/h7,11H,2-4,6H2,1H3,(H,13,14)/t7-/m0/s1. The zero-order valence-corrected chi connectivity index (χ0v) is 10.6. The van der Waals surface area contributed by atoms with Crippen LogP contribution in [0.1, 0.15) is 19.8 Å². The molecule has 0 aliphatic carbocycles. The van der Waals surface area contributed by atoms with E-state index < -0.39 is 33.8 Å². The third-order valence-corrected chi connectivity index (χ3v) is 2.97. The van der Waals surface area contributed by atoms with E-state index in [2.05, 4.69) is 4.74 Å². The lowest BCUT2D eigenvalue weighted by molar-refractivity contribution is -0.144. The number of carboxylic acid groups (broad SMARTS) is 1. The second kappa shape index (κ2) is 7.62. The summed E-state index contributed by atoms with van der Waals surface area (Å²) in [7, 11) is -3.98. The molecule has 0 bridgehead atoms. The quantitative estimate of drug-likeness (QED) is 0.556. The van der Waals surface area contributed by atoms with Crippen LogP contribution in [-0.4, -0.2) is 43.9 Å². The molecule has 0 amide bonds. The predicted molar refractivity (Wildman–Crippen MR) is 59.8 cm³/mol. The Labute approximate surface area is 105 Å². The van der Waals surface area contributed by atoms with Crippen molar-refractivity contribution in [3.63, 3.8) is 0 Å². The molecule has 0 aromatic carbocycles. The van der Waals surface area contributed by atoms with E-state index in [1.807, 2.05) is 4.72 Å². The minimum atomic E-state index is -3.98. The molecule has 1 atom stereocenters. The number of hydrogen-bond donors (Lipinski definition) is 2. The topological polar surface area (TPSA) is 134 Å². The molecule has 0 heterocycles. The van der Waals surface area contributed by atoms with Crippen LogP contribution in [0.25, 0.3) is 0 Å². The summed E-state index contributed by atoms with van der Waals surface area (Å²) in [5.41, 5.74) is 0. The molecule has 102 valence electrons. The first-order valence-corrected chi connectivity index (χ1v) is 6.73. The normalized spacial score (nSPS) is 12.4. The number of ether oxygens (including phenoxy) is 1. The van der Waals surface area contributed by atoms with Crippen LogP contribution in [0.4, 0.5) is 0 Å². The monoisotopic (exact) mass is 278 g/mol. The lowest BCUT2D eigenvalue weighted by Crippen LogP contribution is -2.42. The van der Waals surface area contributed by atoms with Crippen molar-refractivity contribution in [2.75, 3.05) is 12.4 Å². The molecule has 18 heavy (non-hydrogen) atoms. The van der Waals surface area contributed by atoms with Crippen molar-refractivity contribution < 1.29 is 27.9 Å². The van der Waals surface area contributed by atoms with Gasteiger partial charge in [-0.1, -0.05) is 0 Å². The summed E-state index contributed by atoms with van der Waals surface area (Å²) in [6, 6.07) is -0.0487. The van der Waals surface area contributed by atoms with Gasteiger partial charge in [-0.15, -0.1) is 0 Å². The fourth-order valence-electron chi connectivity index (χ4n) is 1.07. The van der Waals surface area contributed by atoms with E-state index in [0.717, 1.165) is 0 Å². The summed E-state index contributed by atoms with van der Waals surface area (Å²) in [5, 5.41) is 17.0. The molecule has 0 spiro atoms. The highest BCUT2D eigenvalue weighted by Gasteiger charge is 2.24. The Balaban J connectivity index is 4.47. The number of rotatable bonds is 8. The Morgan fingerprint density at radius 1 is 1.50 bits per heavy atom. The molecule has 0 rings (SSSR count). The lowest BCUT2D eigenvalue weighted by atomic mass is 10.2. The number of nitrogens with one attached hydrogen (secondary N) is 1. The zero-order chi connectivity index (χ0) is 14.2. The van der Waals surface area contributed by atoms with Gasteiger partial charge in [-0.3, -0.25) is 9.59 Å². The number of aliphatic carboxylic acids is 1. The highest BCUT2D eigenvalue weighted by atomic mass is 32.2. The number of carbonyl (C=O) groups is 2. The van der Waals surface area contributed by atoms with Gasteiger partial charge in [0.15, 0.2) is 5.75 Å². The van der Waals surface area contributed by atoms with Gasteiger partial charge in [0.25, 0.3) is 0 Å². The van der Waals surface area contributed by atoms with Crippen molar-refractivity contribution in [1.82, 2.24) is 4.72 Å². The molecule has 8 nitrogen and oxygen atoms in total. The Hall–Kier alpha value is -1.66. The number of carbonyl (C=O) groups excluding carboxylic acids is 1. The van der Waals surface area contributed by atoms with Crippen molar-refractivity contribution >= 4 is 22.0 Å². The van der Waals surface area contributed by atoms with Crippen LogP contribution in [0, 0.1) is 11.3 Å². The third kappa shape index (κ3) is 6.82. The largest absolute Gasteiger partial charge is 0.480 e. The van der Waals surface area contributed by atoms with Crippen LogP contribution in [0.2, 0.25) is 0 Å². The molecule has 0 saturated heterocycles. The summed E-state index contributed by atoms with van der Waals surface area (Å²) in [5.74, 6) is -2.86. The maximum atomic E-state index is 11.2. The van der Waals surface area contributed by atoms with Gasteiger partial charge >= 0.3 is 11.9 Å². The summed E-state index contributed by atoms with van der Waals surface area (Å²) >= 11 is 0. The van der Waals surface area contributed by atoms with E-state index in [9.17, 15) is 18.0 Å². The van der Waals surface area contributed by atoms with Gasteiger partial charge in [0, 0.05) is 6.42 Å². The smallest absolute Gasteiger partial charge is 0.321 e. The molecular weight excluding hydrogens is 264 g/mol. The average Bonchev–Trinajstić information content (AvgIpc) is 2.24. The van der Waals surface area contributed by atoms with E-state index >= 15 is 0 Å². The van der Waals surface area contributed by atoms with Gasteiger partial charge in [-0.05, 0) is 13.3 Å². The van der Waals surface area contributed by atoms with Crippen LogP contribution >= 0.6 is 0 Å². The van der Waals surface area contributed by atoms with Gasteiger partial charge < -0.3 is 9.84 Å². The van der Waals surface area contributed by atoms with E-state index in [1.54, 1.807) is 6.92 Å². The minimum Gasteiger partial charge on any atom is -0.480 e. The Kier molecular flexibility index (Phi) is 6.92. The molecule has 2 N–H and O–H groups in total. The van der Waals surface area contributed by atoms with Gasteiger partial charge in [-0.25, -0.2) is 13.1 Å². The number of hydrogen-bond acceptors (Lipinski definition) is 6. The Bertz CT molecular complexity index is 438. The maximum absolute atomic E-state index is 11.2. The Morgan fingerprint density at radius 3 is 2.56 bits per heavy atom. The number of sulfonamides is 1. The first-order chi connectivity index (χ1) is 8.32. The van der Waals surface area contributed by atoms with Crippen LogP contribution in [0.3, 0.4) is 0 Å². The SMILES string of the molecule is CCOC(=O)CC[C@H](NS(=O)(=O)CC#N)C(=O)O. The zero-order valence-electron chi connectivity index (χ0n) is 9.75. The maximum Gasteiger partial charge on any atom is 0.321 e. The van der Waals surface area contributed by atoms with Gasteiger partial charge in [-0.2, -0.15) is 5.26 Å². The van der Waals surface area contributed by atoms with E-state index in [1.165, 1.54) is 6.07 Å². The lowest BCUT2D eigenvalue weighted by Gasteiger charge is -2.12. The summed E-state index contributed by atoms with van der Waals surface area (Å²) < 4.78 is 28.8. The molecule has 0 saturated carbocycles. The first-order valence-electron chi connectivity index (χ1n) is 5.07. The van der Waals surface area contributed by atoms with E-state index in [4.69, 9.17) is 10.4 Å². The summed E-state index contributed by atoms with van der Waals surface area (Å²) in [6.45, 7) is 1.76. The molecule has 9 heteroatoms. The molecule has 0 aliphatic rings. The van der Waals surface area contributed by atoms with Crippen molar-refractivity contribution in [3.8, 4) is 6.07 Å². The van der Waals surface area contributed by atoms with Crippen molar-refractivity contribution in [2.24, 2.45) is 0 Å². The second-order valence-electron chi connectivity index (χ2n) is 3.27. The van der Waals surface area contributed by atoms with Crippen molar-refractivity contribution in [3.05, 3.63) is 0 Å². The third-order valence-electron chi connectivity index (χ3n) is 1.82.